The summed E-state index contributed by atoms with van der Waals surface area (Å²) in [6, 6.07) is 5.85. The van der Waals surface area contributed by atoms with Gasteiger partial charge in [0.05, 0.1) is 6.61 Å². The second kappa shape index (κ2) is 5.25. The molecule has 1 aliphatic rings. The van der Waals surface area contributed by atoms with Crippen LogP contribution in [0.3, 0.4) is 0 Å². The van der Waals surface area contributed by atoms with Crippen LogP contribution in [0.5, 0.6) is 5.75 Å². The summed E-state index contributed by atoms with van der Waals surface area (Å²) in [6.07, 6.45) is 3.44. The predicted octanol–water partition coefficient (Wildman–Crippen LogP) is 2.31. The third kappa shape index (κ3) is 2.70. The molecule has 3 nitrogen and oxygen atoms in total. The van der Waals surface area contributed by atoms with E-state index in [-0.39, 0.29) is 5.91 Å². The molecule has 2 rings (SSSR count). The van der Waals surface area contributed by atoms with Crippen molar-refractivity contribution in [2.45, 2.75) is 12.8 Å². The van der Waals surface area contributed by atoms with Gasteiger partial charge in [-0.1, -0.05) is 0 Å². The lowest BCUT2D eigenvalue weighted by atomic mass is 10.0. The number of anilines is 1. The molecule has 1 aliphatic heterocycles. The molecule has 1 heterocycles. The van der Waals surface area contributed by atoms with Gasteiger partial charge in [-0.3, -0.25) is 4.79 Å². The molecule has 16 heavy (non-hydrogen) atoms. The molecular weight excluding hydrogens is 222 g/mol. The Morgan fingerprint density at radius 2 is 2.31 bits per heavy atom. The summed E-state index contributed by atoms with van der Waals surface area (Å²) in [6.45, 7) is 0.728. The Bertz CT molecular complexity index is 393. The smallest absolute Gasteiger partial charge is 0.224 e. The normalized spacial score (nSPS) is 14.2. The van der Waals surface area contributed by atoms with Crippen molar-refractivity contribution < 1.29 is 9.53 Å². The molecule has 0 unspecified atom stereocenters. The Hall–Kier alpha value is -1.16. The molecule has 1 amide bonds. The fourth-order valence-corrected chi connectivity index (χ4v) is 1.94. The topological polar surface area (TPSA) is 38.3 Å². The van der Waals surface area contributed by atoms with Crippen LogP contribution in [0.25, 0.3) is 0 Å². The number of aryl methyl sites for hydroxylation is 1. The number of fused-ring (bicyclic) bond motifs is 1. The Balaban J connectivity index is 2.04. The van der Waals surface area contributed by atoms with Crippen LogP contribution in [0.2, 0.25) is 0 Å². The van der Waals surface area contributed by atoms with Gasteiger partial charge in [-0.15, -0.1) is 0 Å². The first kappa shape index (κ1) is 11.3. The summed E-state index contributed by atoms with van der Waals surface area (Å²) in [7, 11) is 0. The molecule has 0 radical (unpaired) electrons. The average molecular weight is 237 g/mol. The molecule has 1 N–H and O–H groups in total. The van der Waals surface area contributed by atoms with E-state index in [0.29, 0.717) is 6.42 Å². The first-order valence-corrected chi connectivity index (χ1v) is 6.73. The monoisotopic (exact) mass is 237 g/mol. The Labute approximate surface area is 99.6 Å². The molecule has 0 saturated carbocycles. The molecule has 86 valence electrons. The summed E-state index contributed by atoms with van der Waals surface area (Å²) in [4.78, 5) is 11.2. The minimum atomic E-state index is 0.101. The number of ether oxygens (including phenoxy) is 1. The summed E-state index contributed by atoms with van der Waals surface area (Å²) in [5.74, 6) is 1.99. The highest BCUT2D eigenvalue weighted by molar-refractivity contribution is 7.98. The number of benzene rings is 1. The second-order valence-corrected chi connectivity index (χ2v) is 4.69. The summed E-state index contributed by atoms with van der Waals surface area (Å²) >= 11 is 1.77. The van der Waals surface area contributed by atoms with Gasteiger partial charge in [0.1, 0.15) is 5.75 Å². The van der Waals surface area contributed by atoms with E-state index in [1.165, 1.54) is 5.56 Å². The van der Waals surface area contributed by atoms with Crippen molar-refractivity contribution in [2.24, 2.45) is 0 Å². The van der Waals surface area contributed by atoms with E-state index >= 15 is 0 Å². The molecule has 0 aromatic heterocycles. The zero-order chi connectivity index (χ0) is 11.4. The molecule has 0 atom stereocenters. The fourth-order valence-electron chi connectivity index (χ4n) is 1.69. The van der Waals surface area contributed by atoms with Crippen LogP contribution >= 0.6 is 11.8 Å². The SMILES string of the molecule is CSCCOc1ccc2c(c1)CCC(=O)N2. The first-order valence-electron chi connectivity index (χ1n) is 5.34. The largest absolute Gasteiger partial charge is 0.493 e. The lowest BCUT2D eigenvalue weighted by molar-refractivity contribution is -0.116. The van der Waals surface area contributed by atoms with Crippen LogP contribution in [-0.4, -0.2) is 24.5 Å². The summed E-state index contributed by atoms with van der Waals surface area (Å²) in [5.41, 5.74) is 2.09. The highest BCUT2D eigenvalue weighted by Gasteiger charge is 2.14. The maximum atomic E-state index is 11.2. The quantitative estimate of drug-likeness (QED) is 0.817. The Kier molecular flexibility index (Phi) is 3.72. The Morgan fingerprint density at radius 1 is 1.44 bits per heavy atom. The van der Waals surface area contributed by atoms with E-state index < -0.39 is 0 Å². The number of amides is 1. The highest BCUT2D eigenvalue weighted by atomic mass is 32.2. The van der Waals surface area contributed by atoms with Gasteiger partial charge in [-0.2, -0.15) is 11.8 Å². The molecule has 0 aliphatic carbocycles. The van der Waals surface area contributed by atoms with Crippen LogP contribution in [-0.2, 0) is 11.2 Å². The number of hydrogen-bond donors (Lipinski definition) is 1. The van der Waals surface area contributed by atoms with E-state index in [1.54, 1.807) is 11.8 Å². The van der Waals surface area contributed by atoms with Crippen molar-refractivity contribution >= 4 is 23.4 Å². The van der Waals surface area contributed by atoms with Gasteiger partial charge in [0, 0.05) is 17.9 Å². The molecule has 0 bridgehead atoms. The van der Waals surface area contributed by atoms with Crippen LogP contribution in [0.4, 0.5) is 5.69 Å². The van der Waals surface area contributed by atoms with E-state index in [9.17, 15) is 4.79 Å². The third-order valence-electron chi connectivity index (χ3n) is 2.53. The maximum Gasteiger partial charge on any atom is 0.224 e. The number of carbonyl (C=O) groups is 1. The van der Waals surface area contributed by atoms with Crippen molar-refractivity contribution in [1.29, 1.82) is 0 Å². The zero-order valence-corrected chi connectivity index (χ0v) is 10.1. The zero-order valence-electron chi connectivity index (χ0n) is 9.29. The van der Waals surface area contributed by atoms with Gasteiger partial charge >= 0.3 is 0 Å². The van der Waals surface area contributed by atoms with Gasteiger partial charge in [0.2, 0.25) is 5.91 Å². The van der Waals surface area contributed by atoms with Gasteiger partial charge in [-0.25, -0.2) is 0 Å². The van der Waals surface area contributed by atoms with Gasteiger partial charge in [0.25, 0.3) is 0 Å². The average Bonchev–Trinajstić information content (AvgIpc) is 2.29. The summed E-state index contributed by atoms with van der Waals surface area (Å²) < 4.78 is 5.61. The standard InChI is InChI=1S/C12H15NO2S/c1-16-7-6-15-10-3-4-11-9(8-10)2-5-12(14)13-11/h3-4,8H,2,5-7H2,1H3,(H,13,14). The van der Waals surface area contributed by atoms with Gasteiger partial charge in [0.15, 0.2) is 0 Å². The summed E-state index contributed by atoms with van der Waals surface area (Å²) in [5, 5.41) is 2.86. The molecule has 0 spiro atoms. The minimum absolute atomic E-state index is 0.101. The molecular formula is C12H15NO2S. The minimum Gasteiger partial charge on any atom is -0.493 e. The molecule has 0 fully saturated rings. The van der Waals surface area contributed by atoms with Crippen LogP contribution < -0.4 is 10.1 Å². The van der Waals surface area contributed by atoms with Crippen LogP contribution in [0.1, 0.15) is 12.0 Å². The first-order chi connectivity index (χ1) is 7.79. The van der Waals surface area contributed by atoms with Crippen molar-refractivity contribution in [3.05, 3.63) is 23.8 Å². The van der Waals surface area contributed by atoms with E-state index in [2.05, 4.69) is 11.6 Å². The van der Waals surface area contributed by atoms with Gasteiger partial charge in [-0.05, 0) is 36.4 Å². The van der Waals surface area contributed by atoms with Gasteiger partial charge < -0.3 is 10.1 Å². The third-order valence-corrected chi connectivity index (χ3v) is 3.10. The highest BCUT2D eigenvalue weighted by Crippen LogP contribution is 2.26. The molecule has 4 heteroatoms. The van der Waals surface area contributed by atoms with Crippen molar-refractivity contribution in [3.63, 3.8) is 0 Å². The van der Waals surface area contributed by atoms with E-state index in [1.807, 2.05) is 18.2 Å². The maximum absolute atomic E-state index is 11.2. The lowest BCUT2D eigenvalue weighted by Crippen LogP contribution is -2.18. The number of carbonyl (C=O) groups excluding carboxylic acids is 1. The number of nitrogens with one attached hydrogen (secondary N) is 1. The predicted molar refractivity (Wildman–Crippen MR) is 67.3 cm³/mol. The second-order valence-electron chi connectivity index (χ2n) is 3.71. The number of rotatable bonds is 4. The van der Waals surface area contributed by atoms with E-state index in [0.717, 1.165) is 30.2 Å². The number of hydrogen-bond acceptors (Lipinski definition) is 3. The Morgan fingerprint density at radius 3 is 3.12 bits per heavy atom. The molecule has 0 saturated heterocycles. The lowest BCUT2D eigenvalue weighted by Gasteiger charge is -2.17. The van der Waals surface area contributed by atoms with E-state index in [4.69, 9.17) is 4.74 Å². The number of thioether (sulfide) groups is 1. The molecule has 1 aromatic carbocycles. The van der Waals surface area contributed by atoms with Crippen molar-refractivity contribution in [3.8, 4) is 5.75 Å². The fraction of sp³-hybridized carbons (Fsp3) is 0.417. The molecule has 1 aromatic rings. The van der Waals surface area contributed by atoms with Crippen LogP contribution in [0.15, 0.2) is 18.2 Å². The van der Waals surface area contributed by atoms with Crippen molar-refractivity contribution in [2.75, 3.05) is 23.9 Å². The van der Waals surface area contributed by atoms with Crippen molar-refractivity contribution in [1.82, 2.24) is 0 Å². The van der Waals surface area contributed by atoms with Crippen LogP contribution in [0, 0.1) is 0 Å².